The second kappa shape index (κ2) is 5.86. The van der Waals surface area contributed by atoms with Gasteiger partial charge in [0.15, 0.2) is 0 Å². The average molecular weight is 242 g/mol. The molecule has 2 aromatic heterocycles. The molecule has 92 valence electrons. The fourth-order valence-electron chi connectivity index (χ4n) is 1.47. The van der Waals surface area contributed by atoms with Crippen molar-refractivity contribution in [3.63, 3.8) is 0 Å². The van der Waals surface area contributed by atoms with E-state index in [0.717, 1.165) is 17.7 Å². The summed E-state index contributed by atoms with van der Waals surface area (Å²) in [5.74, 6) is -0.0970. The molecule has 0 unspecified atom stereocenters. The van der Waals surface area contributed by atoms with Crippen LogP contribution < -0.4 is 5.32 Å². The maximum absolute atomic E-state index is 11.7. The number of nitrogens with zero attached hydrogens (tertiary/aromatic N) is 3. The number of aromatic nitrogens is 3. The minimum absolute atomic E-state index is 0.0970. The predicted molar refractivity (Wildman–Crippen MR) is 67.9 cm³/mol. The van der Waals surface area contributed by atoms with Crippen LogP contribution in [0.25, 0.3) is 11.3 Å². The van der Waals surface area contributed by atoms with Crippen LogP contribution in [0, 0.1) is 0 Å². The highest BCUT2D eigenvalue weighted by Crippen LogP contribution is 2.14. The van der Waals surface area contributed by atoms with Gasteiger partial charge in [-0.25, -0.2) is 9.97 Å². The molecule has 0 saturated heterocycles. The van der Waals surface area contributed by atoms with Gasteiger partial charge in [0.25, 0.3) is 5.91 Å². The molecule has 1 N–H and O–H groups in total. The van der Waals surface area contributed by atoms with Crippen LogP contribution >= 0.6 is 0 Å². The molecule has 0 aliphatic carbocycles. The van der Waals surface area contributed by atoms with Crippen molar-refractivity contribution in [1.29, 1.82) is 0 Å². The van der Waals surface area contributed by atoms with Crippen LogP contribution in [0.4, 0.5) is 0 Å². The maximum atomic E-state index is 11.7. The molecule has 5 nitrogen and oxygen atoms in total. The van der Waals surface area contributed by atoms with Crippen molar-refractivity contribution in [3.05, 3.63) is 42.6 Å². The lowest BCUT2D eigenvalue weighted by atomic mass is 10.2. The lowest BCUT2D eigenvalue weighted by Gasteiger charge is -2.04. The second-order valence-corrected chi connectivity index (χ2v) is 3.82. The summed E-state index contributed by atoms with van der Waals surface area (Å²) in [7, 11) is 0. The molecule has 0 aliphatic rings. The normalized spacial score (nSPS) is 10.1. The van der Waals surface area contributed by atoms with Crippen LogP contribution in [-0.2, 0) is 0 Å². The average Bonchev–Trinajstić information content (AvgIpc) is 2.46. The number of hydrogen-bond donors (Lipinski definition) is 1. The molecular weight excluding hydrogens is 228 g/mol. The van der Waals surface area contributed by atoms with E-state index in [-0.39, 0.29) is 5.91 Å². The largest absolute Gasteiger partial charge is 0.352 e. The Bertz CT molecular complexity index is 510. The van der Waals surface area contributed by atoms with E-state index in [2.05, 4.69) is 20.3 Å². The van der Waals surface area contributed by atoms with Crippen molar-refractivity contribution in [1.82, 2.24) is 20.3 Å². The fourth-order valence-corrected chi connectivity index (χ4v) is 1.47. The van der Waals surface area contributed by atoms with Gasteiger partial charge in [-0.1, -0.05) is 6.92 Å². The summed E-state index contributed by atoms with van der Waals surface area (Å²) in [5.41, 5.74) is 2.14. The molecule has 0 atom stereocenters. The first-order chi connectivity index (χ1) is 8.81. The van der Waals surface area contributed by atoms with Gasteiger partial charge >= 0.3 is 0 Å². The van der Waals surface area contributed by atoms with Crippen molar-refractivity contribution in [2.45, 2.75) is 13.3 Å². The highest BCUT2D eigenvalue weighted by Gasteiger charge is 2.06. The summed E-state index contributed by atoms with van der Waals surface area (Å²) in [6.45, 7) is 2.68. The minimum Gasteiger partial charge on any atom is -0.352 e. The lowest BCUT2D eigenvalue weighted by Crippen LogP contribution is -2.23. The molecular formula is C13H14N4O. The van der Waals surface area contributed by atoms with Crippen molar-refractivity contribution < 1.29 is 4.79 Å². The molecule has 0 fully saturated rings. The Morgan fingerprint density at radius 2 is 2.00 bits per heavy atom. The zero-order chi connectivity index (χ0) is 12.8. The molecule has 1 amide bonds. The summed E-state index contributed by atoms with van der Waals surface area (Å²) >= 11 is 0. The minimum atomic E-state index is -0.0970. The second-order valence-electron chi connectivity index (χ2n) is 3.82. The molecule has 0 aliphatic heterocycles. The number of hydrogen-bond acceptors (Lipinski definition) is 4. The van der Waals surface area contributed by atoms with Crippen molar-refractivity contribution in [2.75, 3.05) is 6.54 Å². The molecule has 2 aromatic rings. The SMILES string of the molecule is CCCNC(=O)c1ccc(-c2cncnc2)nc1. The van der Waals surface area contributed by atoms with Crippen LogP contribution in [0.15, 0.2) is 37.1 Å². The van der Waals surface area contributed by atoms with Crippen LogP contribution in [0.1, 0.15) is 23.7 Å². The Labute approximate surface area is 105 Å². The Kier molecular flexibility index (Phi) is 3.96. The molecule has 2 rings (SSSR count). The summed E-state index contributed by atoms with van der Waals surface area (Å²) in [6, 6.07) is 3.54. The van der Waals surface area contributed by atoms with E-state index in [4.69, 9.17) is 0 Å². The number of pyridine rings is 1. The van der Waals surface area contributed by atoms with E-state index in [1.54, 1.807) is 30.7 Å². The zero-order valence-electron chi connectivity index (χ0n) is 10.1. The van der Waals surface area contributed by atoms with Gasteiger partial charge in [-0.15, -0.1) is 0 Å². The van der Waals surface area contributed by atoms with Gasteiger partial charge in [-0.05, 0) is 18.6 Å². The third-order valence-electron chi connectivity index (χ3n) is 2.42. The molecule has 0 aromatic carbocycles. The van der Waals surface area contributed by atoms with Gasteiger partial charge in [0, 0.05) is 30.7 Å². The van der Waals surface area contributed by atoms with Gasteiger partial charge in [0.1, 0.15) is 6.33 Å². The molecule has 0 saturated carbocycles. The van der Waals surface area contributed by atoms with Crippen LogP contribution in [0.2, 0.25) is 0 Å². The molecule has 5 heteroatoms. The number of rotatable bonds is 4. The van der Waals surface area contributed by atoms with Gasteiger partial charge < -0.3 is 5.32 Å². The Hall–Kier alpha value is -2.30. The number of carbonyl (C=O) groups excluding carboxylic acids is 1. The van der Waals surface area contributed by atoms with Crippen molar-refractivity contribution in [2.24, 2.45) is 0 Å². The summed E-state index contributed by atoms with van der Waals surface area (Å²) in [5, 5.41) is 2.80. The van der Waals surface area contributed by atoms with Gasteiger partial charge in [-0.3, -0.25) is 9.78 Å². The van der Waals surface area contributed by atoms with E-state index in [0.29, 0.717) is 12.1 Å². The van der Waals surface area contributed by atoms with Crippen molar-refractivity contribution in [3.8, 4) is 11.3 Å². The standard InChI is InChI=1S/C13H14N4O/c1-2-5-16-13(18)10-3-4-12(17-8-10)11-6-14-9-15-7-11/h3-4,6-9H,2,5H2,1H3,(H,16,18). The maximum Gasteiger partial charge on any atom is 0.252 e. The van der Waals surface area contributed by atoms with Crippen LogP contribution in [0.5, 0.6) is 0 Å². The number of nitrogens with one attached hydrogen (secondary N) is 1. The highest BCUT2D eigenvalue weighted by molar-refractivity contribution is 5.94. The molecule has 0 bridgehead atoms. The predicted octanol–water partition coefficient (Wildman–Crippen LogP) is 1.68. The van der Waals surface area contributed by atoms with Crippen LogP contribution in [-0.4, -0.2) is 27.4 Å². The topological polar surface area (TPSA) is 67.8 Å². The number of carbonyl (C=O) groups is 1. The first-order valence-electron chi connectivity index (χ1n) is 5.81. The fraction of sp³-hybridized carbons (Fsp3) is 0.231. The third-order valence-corrected chi connectivity index (χ3v) is 2.42. The molecule has 0 spiro atoms. The quantitative estimate of drug-likeness (QED) is 0.885. The van der Waals surface area contributed by atoms with E-state index in [1.165, 1.54) is 6.33 Å². The number of amides is 1. The zero-order valence-corrected chi connectivity index (χ0v) is 10.1. The Morgan fingerprint density at radius 3 is 2.61 bits per heavy atom. The van der Waals surface area contributed by atoms with E-state index >= 15 is 0 Å². The molecule has 0 radical (unpaired) electrons. The molecule has 2 heterocycles. The van der Waals surface area contributed by atoms with Gasteiger partial charge in [0.05, 0.1) is 11.3 Å². The summed E-state index contributed by atoms with van der Waals surface area (Å²) in [4.78, 5) is 23.8. The van der Waals surface area contributed by atoms with Gasteiger partial charge in [0.2, 0.25) is 0 Å². The summed E-state index contributed by atoms with van der Waals surface area (Å²) < 4.78 is 0. The van der Waals surface area contributed by atoms with E-state index in [1.807, 2.05) is 6.92 Å². The Morgan fingerprint density at radius 1 is 1.22 bits per heavy atom. The third kappa shape index (κ3) is 2.88. The highest BCUT2D eigenvalue weighted by atomic mass is 16.1. The first kappa shape index (κ1) is 12.2. The van der Waals surface area contributed by atoms with Crippen LogP contribution in [0.3, 0.4) is 0 Å². The smallest absolute Gasteiger partial charge is 0.252 e. The first-order valence-corrected chi connectivity index (χ1v) is 5.81. The lowest BCUT2D eigenvalue weighted by molar-refractivity contribution is 0.0953. The van der Waals surface area contributed by atoms with Crippen molar-refractivity contribution >= 4 is 5.91 Å². The summed E-state index contributed by atoms with van der Waals surface area (Å²) in [6.07, 6.45) is 7.32. The van der Waals surface area contributed by atoms with Gasteiger partial charge in [-0.2, -0.15) is 0 Å². The molecule has 18 heavy (non-hydrogen) atoms. The van der Waals surface area contributed by atoms with E-state index < -0.39 is 0 Å². The van der Waals surface area contributed by atoms with E-state index in [9.17, 15) is 4.79 Å². The monoisotopic (exact) mass is 242 g/mol. The Balaban J connectivity index is 2.13.